The summed E-state index contributed by atoms with van der Waals surface area (Å²) < 4.78 is 15.3. The van der Waals surface area contributed by atoms with Gasteiger partial charge >= 0.3 is 5.97 Å². The minimum Gasteiger partial charge on any atom is -0.493 e. The van der Waals surface area contributed by atoms with Crippen molar-refractivity contribution in [2.75, 3.05) is 26.1 Å². The van der Waals surface area contributed by atoms with Gasteiger partial charge in [-0.1, -0.05) is 25.5 Å². The Kier molecular flexibility index (Phi) is 7.67. The molecule has 0 unspecified atom stereocenters. The lowest BCUT2D eigenvalue weighted by Gasteiger charge is -2.10. The second kappa shape index (κ2) is 10.2. The van der Waals surface area contributed by atoms with Crippen molar-refractivity contribution in [2.24, 2.45) is 0 Å². The van der Waals surface area contributed by atoms with E-state index in [0.29, 0.717) is 17.2 Å². The van der Waals surface area contributed by atoms with E-state index in [1.807, 2.05) is 24.3 Å². The number of aryl methyl sites for hydroxylation is 1. The number of esters is 1. The highest BCUT2D eigenvalue weighted by atomic mass is 16.5. The van der Waals surface area contributed by atoms with Crippen molar-refractivity contribution in [2.45, 2.75) is 26.2 Å². The first-order chi connectivity index (χ1) is 13.1. The Balaban J connectivity index is 1.86. The van der Waals surface area contributed by atoms with Crippen LogP contribution in [0.2, 0.25) is 0 Å². The summed E-state index contributed by atoms with van der Waals surface area (Å²) in [6.45, 7) is 1.78. The van der Waals surface area contributed by atoms with E-state index in [1.165, 1.54) is 25.8 Å². The van der Waals surface area contributed by atoms with E-state index in [-0.39, 0.29) is 12.2 Å². The molecule has 6 heteroatoms. The predicted octanol–water partition coefficient (Wildman–Crippen LogP) is 3.84. The number of nitrogens with one attached hydrogen (secondary N) is 1. The molecule has 0 aliphatic heterocycles. The third kappa shape index (κ3) is 6.02. The van der Waals surface area contributed by atoms with Crippen molar-refractivity contribution in [1.82, 2.24) is 0 Å². The molecule has 0 aliphatic carbocycles. The molecule has 2 rings (SSSR count). The van der Waals surface area contributed by atoms with E-state index in [0.717, 1.165) is 19.3 Å². The summed E-state index contributed by atoms with van der Waals surface area (Å²) in [5, 5.41) is 2.71. The number of methoxy groups -OCH3 is 2. The number of benzene rings is 2. The summed E-state index contributed by atoms with van der Waals surface area (Å²) >= 11 is 0. The first kappa shape index (κ1) is 20.3. The number of ether oxygens (including phenoxy) is 3. The van der Waals surface area contributed by atoms with Crippen LogP contribution in [0.15, 0.2) is 42.5 Å². The fraction of sp³-hybridized carbons (Fsp3) is 0.333. The molecule has 0 bridgehead atoms. The minimum atomic E-state index is -0.610. The van der Waals surface area contributed by atoms with Gasteiger partial charge in [-0.3, -0.25) is 4.79 Å². The van der Waals surface area contributed by atoms with Crippen LogP contribution in [0.4, 0.5) is 5.69 Å². The molecule has 6 nitrogen and oxygen atoms in total. The van der Waals surface area contributed by atoms with Crippen LogP contribution < -0.4 is 14.8 Å². The number of rotatable bonds is 9. The highest BCUT2D eigenvalue weighted by Crippen LogP contribution is 2.27. The molecule has 144 valence electrons. The van der Waals surface area contributed by atoms with Crippen molar-refractivity contribution < 1.29 is 23.8 Å². The van der Waals surface area contributed by atoms with E-state index in [4.69, 9.17) is 14.2 Å². The van der Waals surface area contributed by atoms with Crippen molar-refractivity contribution >= 4 is 17.6 Å². The van der Waals surface area contributed by atoms with E-state index in [2.05, 4.69) is 12.2 Å². The SMILES string of the molecule is CCCCc1ccc(NC(=O)COC(=O)c2ccc(OC)c(OC)c2)cc1. The van der Waals surface area contributed by atoms with Crippen LogP contribution in [0.3, 0.4) is 0 Å². The highest BCUT2D eigenvalue weighted by Gasteiger charge is 2.13. The molecule has 0 radical (unpaired) electrons. The summed E-state index contributed by atoms with van der Waals surface area (Å²) in [5.41, 5.74) is 2.18. The van der Waals surface area contributed by atoms with Gasteiger partial charge in [0.2, 0.25) is 0 Å². The van der Waals surface area contributed by atoms with Crippen LogP contribution in [-0.4, -0.2) is 32.7 Å². The number of anilines is 1. The molecule has 0 heterocycles. The number of amides is 1. The zero-order valence-corrected chi connectivity index (χ0v) is 15.9. The van der Waals surface area contributed by atoms with Crippen molar-refractivity contribution in [3.63, 3.8) is 0 Å². The first-order valence-corrected chi connectivity index (χ1v) is 8.85. The van der Waals surface area contributed by atoms with Gasteiger partial charge in [0.05, 0.1) is 19.8 Å². The second-order valence-corrected chi connectivity index (χ2v) is 5.99. The summed E-state index contributed by atoms with van der Waals surface area (Å²) in [5.74, 6) is -0.0834. The summed E-state index contributed by atoms with van der Waals surface area (Å²) in [6, 6.07) is 12.3. The first-order valence-electron chi connectivity index (χ1n) is 8.85. The van der Waals surface area contributed by atoms with Gasteiger partial charge in [-0.2, -0.15) is 0 Å². The molecule has 0 aromatic heterocycles. The quantitative estimate of drug-likeness (QED) is 0.678. The van der Waals surface area contributed by atoms with Crippen LogP contribution in [0.25, 0.3) is 0 Å². The Morgan fingerprint density at radius 3 is 2.30 bits per heavy atom. The number of carbonyl (C=O) groups is 2. The summed E-state index contributed by atoms with van der Waals surface area (Å²) in [4.78, 5) is 24.1. The molecule has 0 fully saturated rings. The van der Waals surface area contributed by atoms with Crippen molar-refractivity contribution in [3.05, 3.63) is 53.6 Å². The third-order valence-electron chi connectivity index (χ3n) is 4.01. The zero-order valence-electron chi connectivity index (χ0n) is 15.9. The molecular weight excluding hydrogens is 346 g/mol. The monoisotopic (exact) mass is 371 g/mol. The lowest BCUT2D eigenvalue weighted by Crippen LogP contribution is -2.21. The molecule has 2 aromatic carbocycles. The normalized spacial score (nSPS) is 10.2. The molecular formula is C21H25NO5. The third-order valence-corrected chi connectivity index (χ3v) is 4.01. The van der Waals surface area contributed by atoms with Crippen molar-refractivity contribution in [1.29, 1.82) is 0 Å². The zero-order chi connectivity index (χ0) is 19.6. The van der Waals surface area contributed by atoms with Gasteiger partial charge in [0, 0.05) is 5.69 Å². The van der Waals surface area contributed by atoms with E-state index in [9.17, 15) is 9.59 Å². The minimum absolute atomic E-state index is 0.278. The van der Waals surface area contributed by atoms with Crippen molar-refractivity contribution in [3.8, 4) is 11.5 Å². The fourth-order valence-electron chi connectivity index (χ4n) is 2.51. The van der Waals surface area contributed by atoms with Gasteiger partial charge < -0.3 is 19.5 Å². The van der Waals surface area contributed by atoms with Crippen LogP contribution in [0.5, 0.6) is 11.5 Å². The number of unbranched alkanes of at least 4 members (excludes halogenated alkanes) is 1. The van der Waals surface area contributed by atoms with Gasteiger partial charge in [-0.15, -0.1) is 0 Å². The summed E-state index contributed by atoms with van der Waals surface area (Å²) in [7, 11) is 2.99. The molecule has 27 heavy (non-hydrogen) atoms. The van der Waals surface area contributed by atoms with E-state index < -0.39 is 11.9 Å². The average molecular weight is 371 g/mol. The van der Waals surface area contributed by atoms with E-state index >= 15 is 0 Å². The van der Waals surface area contributed by atoms with Crippen LogP contribution in [0, 0.1) is 0 Å². The Bertz CT molecular complexity index is 771. The molecule has 1 N–H and O–H groups in total. The topological polar surface area (TPSA) is 73.9 Å². The smallest absolute Gasteiger partial charge is 0.338 e. The molecule has 0 spiro atoms. The maximum absolute atomic E-state index is 12.1. The van der Waals surface area contributed by atoms with Crippen LogP contribution in [0.1, 0.15) is 35.7 Å². The van der Waals surface area contributed by atoms with E-state index in [1.54, 1.807) is 12.1 Å². The fourth-order valence-corrected chi connectivity index (χ4v) is 2.51. The molecule has 0 saturated heterocycles. The Hall–Kier alpha value is -3.02. The Morgan fingerprint density at radius 1 is 0.963 bits per heavy atom. The lowest BCUT2D eigenvalue weighted by molar-refractivity contribution is -0.119. The predicted molar refractivity (Wildman–Crippen MR) is 104 cm³/mol. The number of hydrogen-bond acceptors (Lipinski definition) is 5. The Labute approximate surface area is 159 Å². The molecule has 1 amide bonds. The number of hydrogen-bond donors (Lipinski definition) is 1. The van der Waals surface area contributed by atoms with Gasteiger partial charge in [-0.05, 0) is 48.7 Å². The van der Waals surface area contributed by atoms with Gasteiger partial charge in [0.25, 0.3) is 5.91 Å². The van der Waals surface area contributed by atoms with Gasteiger partial charge in [-0.25, -0.2) is 4.79 Å². The standard InChI is InChI=1S/C21H25NO5/c1-4-5-6-15-7-10-17(11-8-15)22-20(23)14-27-21(24)16-9-12-18(25-2)19(13-16)26-3/h7-13H,4-6,14H2,1-3H3,(H,22,23). The van der Waals surface area contributed by atoms with Crippen LogP contribution in [-0.2, 0) is 16.0 Å². The van der Waals surface area contributed by atoms with Gasteiger partial charge in [0.1, 0.15) is 0 Å². The average Bonchev–Trinajstić information content (AvgIpc) is 2.70. The maximum Gasteiger partial charge on any atom is 0.338 e. The van der Waals surface area contributed by atoms with Gasteiger partial charge in [0.15, 0.2) is 18.1 Å². The Morgan fingerprint density at radius 2 is 1.67 bits per heavy atom. The second-order valence-electron chi connectivity index (χ2n) is 5.99. The summed E-state index contributed by atoms with van der Waals surface area (Å²) in [6.07, 6.45) is 3.30. The molecule has 0 saturated carbocycles. The molecule has 0 aliphatic rings. The maximum atomic E-state index is 12.1. The molecule has 0 atom stereocenters. The molecule has 2 aromatic rings. The lowest BCUT2D eigenvalue weighted by atomic mass is 10.1. The largest absolute Gasteiger partial charge is 0.493 e. The van der Waals surface area contributed by atoms with Crippen LogP contribution >= 0.6 is 0 Å². The highest BCUT2D eigenvalue weighted by molar-refractivity contribution is 5.95. The number of carbonyl (C=O) groups excluding carboxylic acids is 2.